The second kappa shape index (κ2) is 6.83. The molecule has 1 saturated heterocycles. The molecule has 1 fully saturated rings. The van der Waals surface area contributed by atoms with Gasteiger partial charge in [-0.25, -0.2) is 4.79 Å². The summed E-state index contributed by atoms with van der Waals surface area (Å²) in [6.45, 7) is 1.35. The highest BCUT2D eigenvalue weighted by atomic mass is 16.4. The molecule has 2 N–H and O–H groups in total. The normalized spacial score (nSPS) is 14.6. The van der Waals surface area contributed by atoms with E-state index in [-0.39, 0.29) is 23.7 Å². The third-order valence-electron chi connectivity index (χ3n) is 3.35. The Hall–Kier alpha value is -2.44. The highest BCUT2D eigenvalue weighted by Crippen LogP contribution is 2.08. The molecule has 0 atom stereocenters. The lowest BCUT2D eigenvalue weighted by Crippen LogP contribution is -2.42. The van der Waals surface area contributed by atoms with E-state index in [9.17, 15) is 14.4 Å². The Kier molecular flexibility index (Phi) is 4.86. The van der Waals surface area contributed by atoms with E-state index in [1.165, 1.54) is 18.3 Å². The van der Waals surface area contributed by atoms with Gasteiger partial charge in [-0.1, -0.05) is 0 Å². The zero-order valence-corrected chi connectivity index (χ0v) is 11.5. The van der Waals surface area contributed by atoms with Gasteiger partial charge in [0.1, 0.15) is 5.69 Å². The van der Waals surface area contributed by atoms with Crippen LogP contribution in [0.25, 0.3) is 0 Å². The van der Waals surface area contributed by atoms with Crippen molar-refractivity contribution >= 4 is 17.8 Å². The van der Waals surface area contributed by atoms with Crippen molar-refractivity contribution in [2.45, 2.75) is 19.3 Å². The Bertz CT molecular complexity index is 553. The topological polar surface area (TPSA) is 99.6 Å². The summed E-state index contributed by atoms with van der Waals surface area (Å²) in [6, 6.07) is 2.49. The number of nitrogens with one attached hydrogen (secondary N) is 1. The van der Waals surface area contributed by atoms with Gasteiger partial charge in [0.05, 0.1) is 12.1 Å². The number of pyridine rings is 1. The molecule has 7 heteroatoms. The minimum Gasteiger partial charge on any atom is -0.478 e. The van der Waals surface area contributed by atoms with E-state index in [1.807, 2.05) is 0 Å². The van der Waals surface area contributed by atoms with E-state index in [0.717, 1.165) is 32.4 Å². The lowest BCUT2D eigenvalue weighted by molar-refractivity contribution is -0.130. The van der Waals surface area contributed by atoms with Crippen LogP contribution in [0.4, 0.5) is 0 Å². The van der Waals surface area contributed by atoms with Gasteiger partial charge in [0.2, 0.25) is 5.91 Å². The van der Waals surface area contributed by atoms with E-state index >= 15 is 0 Å². The molecule has 112 valence electrons. The molecule has 0 spiro atoms. The number of likely N-dealkylation sites (tertiary alicyclic amines) is 1. The van der Waals surface area contributed by atoms with Crippen LogP contribution in [-0.4, -0.2) is 52.4 Å². The minimum absolute atomic E-state index is 0.0126. The van der Waals surface area contributed by atoms with Crippen molar-refractivity contribution in [3.63, 3.8) is 0 Å². The molecule has 0 aromatic carbocycles. The standard InChI is InChI=1S/C14H17N3O4/c18-12(17-6-2-1-3-7-17)9-16-13(19)11-8-10(14(20)21)4-5-15-11/h4-5,8H,1-3,6-7,9H2,(H,16,19)(H,20,21). The molecule has 1 aliphatic rings. The molecular weight excluding hydrogens is 274 g/mol. The number of aromatic nitrogens is 1. The molecule has 0 unspecified atom stereocenters. The highest BCUT2D eigenvalue weighted by molar-refractivity contribution is 5.97. The Labute approximate surface area is 122 Å². The van der Waals surface area contributed by atoms with Crippen LogP contribution in [0, 0.1) is 0 Å². The molecular formula is C14H17N3O4. The van der Waals surface area contributed by atoms with E-state index in [0.29, 0.717) is 0 Å². The average molecular weight is 291 g/mol. The highest BCUT2D eigenvalue weighted by Gasteiger charge is 2.18. The fraction of sp³-hybridized carbons (Fsp3) is 0.429. The maximum atomic E-state index is 11.9. The zero-order chi connectivity index (χ0) is 15.2. The summed E-state index contributed by atoms with van der Waals surface area (Å²) in [5.41, 5.74) is -0.0288. The zero-order valence-electron chi connectivity index (χ0n) is 11.5. The molecule has 0 aliphatic carbocycles. The third kappa shape index (κ3) is 4.01. The molecule has 1 aliphatic heterocycles. The summed E-state index contributed by atoms with van der Waals surface area (Å²) in [7, 11) is 0. The van der Waals surface area contributed by atoms with Gasteiger partial charge in [-0.3, -0.25) is 14.6 Å². The third-order valence-corrected chi connectivity index (χ3v) is 3.35. The number of carbonyl (C=O) groups excluding carboxylic acids is 2. The molecule has 2 amide bonds. The molecule has 1 aromatic heterocycles. The van der Waals surface area contributed by atoms with Gasteiger partial charge >= 0.3 is 5.97 Å². The van der Waals surface area contributed by atoms with Crippen LogP contribution in [0.2, 0.25) is 0 Å². The predicted molar refractivity (Wildman–Crippen MR) is 74.0 cm³/mol. The number of carboxylic acids is 1. The van der Waals surface area contributed by atoms with Gasteiger partial charge in [0.15, 0.2) is 0 Å². The van der Waals surface area contributed by atoms with Crippen LogP contribution >= 0.6 is 0 Å². The first-order chi connectivity index (χ1) is 10.1. The fourth-order valence-electron chi connectivity index (χ4n) is 2.19. The molecule has 2 heterocycles. The molecule has 0 radical (unpaired) electrons. The summed E-state index contributed by atoms with van der Waals surface area (Å²) >= 11 is 0. The largest absolute Gasteiger partial charge is 0.478 e. The first-order valence-corrected chi connectivity index (χ1v) is 6.83. The first kappa shape index (κ1) is 15.0. The number of carboxylic acid groups (broad SMARTS) is 1. The molecule has 1 aromatic rings. The van der Waals surface area contributed by atoms with Crippen LogP contribution in [-0.2, 0) is 4.79 Å². The lowest BCUT2D eigenvalue weighted by Gasteiger charge is -2.26. The fourth-order valence-corrected chi connectivity index (χ4v) is 2.19. The van der Waals surface area contributed by atoms with Gasteiger partial charge < -0.3 is 15.3 Å². The second-order valence-electron chi connectivity index (χ2n) is 4.86. The van der Waals surface area contributed by atoms with Gasteiger partial charge in [-0.05, 0) is 31.4 Å². The summed E-state index contributed by atoms with van der Waals surface area (Å²) in [4.78, 5) is 40.1. The maximum Gasteiger partial charge on any atom is 0.335 e. The van der Waals surface area contributed by atoms with E-state index in [1.54, 1.807) is 4.90 Å². The Morgan fingerprint density at radius 1 is 1.24 bits per heavy atom. The Balaban J connectivity index is 1.90. The average Bonchev–Trinajstić information content (AvgIpc) is 2.53. The Morgan fingerprint density at radius 3 is 2.62 bits per heavy atom. The second-order valence-corrected chi connectivity index (χ2v) is 4.86. The first-order valence-electron chi connectivity index (χ1n) is 6.83. The smallest absolute Gasteiger partial charge is 0.335 e. The van der Waals surface area contributed by atoms with Gasteiger partial charge in [-0.2, -0.15) is 0 Å². The van der Waals surface area contributed by atoms with Crippen LogP contribution in [0.3, 0.4) is 0 Å². The minimum atomic E-state index is -1.13. The van der Waals surface area contributed by atoms with Crippen molar-refractivity contribution in [3.05, 3.63) is 29.6 Å². The summed E-state index contributed by atoms with van der Waals surface area (Å²) in [6.07, 6.45) is 4.36. The van der Waals surface area contributed by atoms with Crippen LogP contribution in [0.15, 0.2) is 18.3 Å². The number of piperidine rings is 1. The van der Waals surface area contributed by atoms with E-state index in [4.69, 9.17) is 5.11 Å². The van der Waals surface area contributed by atoms with Crippen molar-refractivity contribution in [1.29, 1.82) is 0 Å². The summed E-state index contributed by atoms with van der Waals surface area (Å²) in [5.74, 6) is -1.81. The van der Waals surface area contributed by atoms with Gasteiger partial charge in [0, 0.05) is 19.3 Å². The summed E-state index contributed by atoms with van der Waals surface area (Å²) in [5, 5.41) is 11.3. The molecule has 21 heavy (non-hydrogen) atoms. The van der Waals surface area contributed by atoms with Crippen LogP contribution in [0.1, 0.15) is 40.1 Å². The number of hydrogen-bond acceptors (Lipinski definition) is 4. The lowest BCUT2D eigenvalue weighted by atomic mass is 10.1. The maximum absolute atomic E-state index is 11.9. The SMILES string of the molecule is O=C(O)c1ccnc(C(=O)NCC(=O)N2CCCCC2)c1. The Morgan fingerprint density at radius 2 is 1.95 bits per heavy atom. The van der Waals surface area contributed by atoms with Crippen molar-refractivity contribution < 1.29 is 19.5 Å². The monoisotopic (exact) mass is 291 g/mol. The number of nitrogens with zero attached hydrogens (tertiary/aromatic N) is 2. The summed E-state index contributed by atoms with van der Waals surface area (Å²) < 4.78 is 0. The van der Waals surface area contributed by atoms with Crippen molar-refractivity contribution in [2.24, 2.45) is 0 Å². The number of aromatic carboxylic acids is 1. The number of amides is 2. The van der Waals surface area contributed by atoms with Crippen molar-refractivity contribution in [1.82, 2.24) is 15.2 Å². The molecule has 2 rings (SSSR count). The van der Waals surface area contributed by atoms with Crippen LogP contribution < -0.4 is 5.32 Å². The quantitative estimate of drug-likeness (QED) is 0.842. The molecule has 0 saturated carbocycles. The van der Waals surface area contributed by atoms with Crippen molar-refractivity contribution in [2.75, 3.05) is 19.6 Å². The number of hydrogen-bond donors (Lipinski definition) is 2. The molecule has 7 nitrogen and oxygen atoms in total. The van der Waals surface area contributed by atoms with Gasteiger partial charge in [0.25, 0.3) is 5.91 Å². The number of carbonyl (C=O) groups is 3. The predicted octanol–water partition coefficient (Wildman–Crippen LogP) is 0.522. The van der Waals surface area contributed by atoms with Gasteiger partial charge in [-0.15, -0.1) is 0 Å². The number of rotatable bonds is 4. The van der Waals surface area contributed by atoms with E-state index < -0.39 is 11.9 Å². The van der Waals surface area contributed by atoms with E-state index in [2.05, 4.69) is 10.3 Å². The van der Waals surface area contributed by atoms with Crippen molar-refractivity contribution in [3.8, 4) is 0 Å². The molecule has 0 bridgehead atoms. The van der Waals surface area contributed by atoms with Crippen LogP contribution in [0.5, 0.6) is 0 Å².